The number of anilines is 2. The Bertz CT molecular complexity index is 1790. The van der Waals surface area contributed by atoms with E-state index in [2.05, 4.69) is 197 Å². The second kappa shape index (κ2) is 15.7. The largest absolute Gasteiger partial charge is 0.353 e. The number of hydrogen-bond acceptors (Lipinski definition) is 2. The highest BCUT2D eigenvalue weighted by Gasteiger charge is 2.31. The van der Waals surface area contributed by atoms with Crippen molar-refractivity contribution in [3.05, 3.63) is 201 Å². The molecule has 0 spiro atoms. The first-order chi connectivity index (χ1) is 25.3. The zero-order valence-electron chi connectivity index (χ0n) is 31.9. The lowest BCUT2D eigenvalue weighted by Gasteiger charge is -2.43. The van der Waals surface area contributed by atoms with Gasteiger partial charge in [0.25, 0.3) is 0 Å². The highest BCUT2D eigenvalue weighted by Crippen LogP contribution is 2.45. The Kier molecular flexibility index (Phi) is 10.6. The zero-order chi connectivity index (χ0) is 36.2. The lowest BCUT2D eigenvalue weighted by Crippen LogP contribution is -2.46. The van der Waals surface area contributed by atoms with Crippen molar-refractivity contribution in [1.82, 2.24) is 0 Å². The van der Waals surface area contributed by atoms with E-state index in [4.69, 9.17) is 0 Å². The van der Waals surface area contributed by atoms with Crippen LogP contribution in [0.1, 0.15) is 113 Å². The molecule has 0 aromatic heterocycles. The van der Waals surface area contributed by atoms with Gasteiger partial charge >= 0.3 is 0 Å². The first-order valence-electron chi connectivity index (χ1n) is 19.3. The second-order valence-electron chi connectivity index (χ2n) is 15.1. The van der Waals surface area contributed by atoms with Crippen LogP contribution in [0.5, 0.6) is 0 Å². The van der Waals surface area contributed by atoms with Gasteiger partial charge in [0.05, 0.1) is 6.67 Å². The van der Waals surface area contributed by atoms with Crippen LogP contribution in [0.2, 0.25) is 0 Å². The lowest BCUT2D eigenvalue weighted by molar-refractivity contribution is 0.603. The molecule has 1 saturated heterocycles. The normalized spacial score (nSPS) is 15.6. The van der Waals surface area contributed by atoms with E-state index in [1.807, 2.05) is 0 Å². The third kappa shape index (κ3) is 7.30. The number of hydrogen-bond donors (Lipinski definition) is 0. The molecule has 6 aromatic carbocycles. The van der Waals surface area contributed by atoms with E-state index in [9.17, 15) is 0 Å². The fraction of sp³-hybridized carbons (Fsp3) is 0.280. The molecule has 7 rings (SSSR count). The predicted octanol–water partition coefficient (Wildman–Crippen LogP) is 12.6. The molecule has 1 heterocycles. The fourth-order valence-electron chi connectivity index (χ4n) is 8.57. The average molecular weight is 683 g/mol. The van der Waals surface area contributed by atoms with Gasteiger partial charge in [-0.05, 0) is 64.8 Å². The summed E-state index contributed by atoms with van der Waals surface area (Å²) in [4.78, 5) is 5.44. The molecule has 0 bridgehead atoms. The van der Waals surface area contributed by atoms with Crippen molar-refractivity contribution < 1.29 is 0 Å². The minimum atomic E-state index is 0.259. The van der Waals surface area contributed by atoms with E-state index in [1.165, 1.54) is 67.0 Å². The molecule has 0 aliphatic carbocycles. The Balaban J connectivity index is 1.39. The molecule has 6 aromatic rings. The molecule has 2 heteroatoms. The number of aryl methyl sites for hydroxylation is 2. The summed E-state index contributed by atoms with van der Waals surface area (Å²) in [6.07, 6.45) is 1.10. The first-order valence-corrected chi connectivity index (χ1v) is 19.3. The summed E-state index contributed by atoms with van der Waals surface area (Å²) < 4.78 is 0. The van der Waals surface area contributed by atoms with Gasteiger partial charge in [-0.25, -0.2) is 0 Å². The van der Waals surface area contributed by atoms with Crippen molar-refractivity contribution >= 4 is 11.4 Å². The minimum absolute atomic E-state index is 0.259. The summed E-state index contributed by atoms with van der Waals surface area (Å²) in [7, 11) is 0. The van der Waals surface area contributed by atoms with Crippen LogP contribution in [0, 0.1) is 13.8 Å². The number of benzene rings is 6. The summed E-state index contributed by atoms with van der Waals surface area (Å²) in [5, 5.41) is 0. The van der Waals surface area contributed by atoms with Crippen LogP contribution in [0.25, 0.3) is 0 Å². The van der Waals surface area contributed by atoms with Crippen LogP contribution in [0.4, 0.5) is 11.4 Å². The van der Waals surface area contributed by atoms with E-state index in [0.29, 0.717) is 0 Å². The molecular formula is C50H54N2. The summed E-state index contributed by atoms with van der Waals surface area (Å²) in [6.45, 7) is 17.0. The van der Waals surface area contributed by atoms with E-state index in [1.54, 1.807) is 0 Å². The van der Waals surface area contributed by atoms with Gasteiger partial charge in [-0.3, -0.25) is 0 Å². The lowest BCUT2D eigenvalue weighted by atomic mass is 9.83. The molecule has 0 saturated carbocycles. The third-order valence-corrected chi connectivity index (χ3v) is 11.5. The molecule has 1 aliphatic heterocycles. The van der Waals surface area contributed by atoms with Crippen LogP contribution in [0.15, 0.2) is 146 Å². The average Bonchev–Trinajstić information content (AvgIpc) is 3.20. The predicted molar refractivity (Wildman–Crippen MR) is 222 cm³/mol. The van der Waals surface area contributed by atoms with Gasteiger partial charge in [0.2, 0.25) is 0 Å². The molecule has 264 valence electrons. The molecule has 0 unspecified atom stereocenters. The maximum absolute atomic E-state index is 2.72. The van der Waals surface area contributed by atoms with Gasteiger partial charge in [0, 0.05) is 48.1 Å². The summed E-state index contributed by atoms with van der Waals surface area (Å²) in [5.41, 5.74) is 16.6. The SMILES string of the molecule is Cc1cc([C@H](C)c2ccccc2)c(N2CCCN(c3c([C@H](C)c4ccccc4)cc(C)cc3[C@H](C)c3ccccc3)C2)c([C@H](C)c2ccccc2)c1. The standard InChI is InChI=1S/C50H54N2/c1-35-30-45(37(3)41-20-11-7-12-21-41)49(46(31-35)38(4)42-22-13-8-14-23-42)51-28-19-29-52(34-51)50-47(39(5)43-24-15-9-16-25-43)32-36(2)33-48(50)40(6)44-26-17-10-18-27-44/h7-18,20-27,30-33,37-40H,19,28-29,34H2,1-6H3/t37-,38-,39-,40-/m1/s1. The minimum Gasteiger partial charge on any atom is -0.353 e. The van der Waals surface area contributed by atoms with Crippen LogP contribution >= 0.6 is 0 Å². The van der Waals surface area contributed by atoms with Crippen LogP contribution in [-0.2, 0) is 0 Å². The van der Waals surface area contributed by atoms with Crippen molar-refractivity contribution in [1.29, 1.82) is 0 Å². The van der Waals surface area contributed by atoms with E-state index >= 15 is 0 Å². The molecule has 1 aliphatic rings. The Morgan fingerprint density at radius 1 is 0.385 bits per heavy atom. The molecule has 0 amide bonds. The Morgan fingerprint density at radius 3 is 0.885 bits per heavy atom. The number of nitrogens with zero attached hydrogens (tertiary/aromatic N) is 2. The molecule has 1 fully saturated rings. The molecule has 0 N–H and O–H groups in total. The quantitative estimate of drug-likeness (QED) is 0.142. The van der Waals surface area contributed by atoms with Gasteiger partial charge in [-0.15, -0.1) is 0 Å². The van der Waals surface area contributed by atoms with E-state index < -0.39 is 0 Å². The van der Waals surface area contributed by atoms with Gasteiger partial charge in [-0.2, -0.15) is 0 Å². The van der Waals surface area contributed by atoms with Gasteiger partial charge in [0.15, 0.2) is 0 Å². The maximum atomic E-state index is 2.72. The van der Waals surface area contributed by atoms with Crippen molar-refractivity contribution in [3.8, 4) is 0 Å². The highest BCUT2D eigenvalue weighted by molar-refractivity contribution is 5.70. The Hall–Kier alpha value is -5.08. The van der Waals surface area contributed by atoms with Gasteiger partial charge in [-0.1, -0.05) is 184 Å². The monoisotopic (exact) mass is 682 g/mol. The molecule has 52 heavy (non-hydrogen) atoms. The summed E-state index contributed by atoms with van der Waals surface area (Å²) in [6, 6.07) is 54.1. The smallest absolute Gasteiger partial charge is 0.0903 e. The van der Waals surface area contributed by atoms with E-state index in [0.717, 1.165) is 26.2 Å². The van der Waals surface area contributed by atoms with Crippen molar-refractivity contribution in [2.24, 2.45) is 0 Å². The Labute approximate surface area is 312 Å². The zero-order valence-corrected chi connectivity index (χ0v) is 31.9. The van der Waals surface area contributed by atoms with Crippen molar-refractivity contribution in [3.63, 3.8) is 0 Å². The number of rotatable bonds is 10. The van der Waals surface area contributed by atoms with E-state index in [-0.39, 0.29) is 23.7 Å². The van der Waals surface area contributed by atoms with Crippen LogP contribution < -0.4 is 9.80 Å². The third-order valence-electron chi connectivity index (χ3n) is 11.5. The molecule has 2 nitrogen and oxygen atoms in total. The summed E-state index contributed by atoms with van der Waals surface area (Å²) >= 11 is 0. The van der Waals surface area contributed by atoms with Gasteiger partial charge in [0.1, 0.15) is 0 Å². The van der Waals surface area contributed by atoms with Crippen molar-refractivity contribution in [2.75, 3.05) is 29.6 Å². The fourth-order valence-corrected chi connectivity index (χ4v) is 8.57. The topological polar surface area (TPSA) is 6.48 Å². The van der Waals surface area contributed by atoms with Crippen LogP contribution in [0.3, 0.4) is 0 Å². The first kappa shape index (κ1) is 35.3. The van der Waals surface area contributed by atoms with Crippen LogP contribution in [-0.4, -0.2) is 19.8 Å². The van der Waals surface area contributed by atoms with Gasteiger partial charge < -0.3 is 9.80 Å². The molecule has 4 atom stereocenters. The maximum Gasteiger partial charge on any atom is 0.0903 e. The summed E-state index contributed by atoms with van der Waals surface area (Å²) in [5.74, 6) is 1.04. The highest BCUT2D eigenvalue weighted by atomic mass is 15.3. The van der Waals surface area contributed by atoms with Crippen molar-refractivity contribution in [2.45, 2.75) is 71.6 Å². The molecule has 0 radical (unpaired) electrons. The molecular weight excluding hydrogens is 629 g/mol. The second-order valence-corrected chi connectivity index (χ2v) is 15.1. The Morgan fingerprint density at radius 2 is 0.635 bits per heavy atom.